The van der Waals surface area contributed by atoms with E-state index < -0.39 is 6.04 Å². The maximum atomic E-state index is 7.04. The Morgan fingerprint density at radius 3 is 1.28 bits per heavy atom. The van der Waals surface area contributed by atoms with Crippen LogP contribution in [0.1, 0.15) is 0 Å². The third kappa shape index (κ3) is 3.74. The lowest BCUT2D eigenvalue weighted by atomic mass is 10.1. The highest BCUT2D eigenvalue weighted by Crippen LogP contribution is 2.46. The molecule has 0 atom stereocenters. The second-order valence-electron chi connectivity index (χ2n) is 13.0. The van der Waals surface area contributed by atoms with Gasteiger partial charge in [-0.3, -0.25) is 8.80 Å². The smallest absolute Gasteiger partial charge is 0.146 e. The molecule has 0 aliphatic rings. The summed E-state index contributed by atoms with van der Waals surface area (Å²) in [4.78, 5) is 10.3. The van der Waals surface area contributed by atoms with Gasteiger partial charge in [-0.05, 0) is 87.3 Å². The predicted molar refractivity (Wildman–Crippen MR) is 215 cm³/mol. The maximum Gasteiger partial charge on any atom is 0.146 e. The fourth-order valence-corrected chi connectivity index (χ4v) is 11.8. The van der Waals surface area contributed by atoms with Crippen molar-refractivity contribution in [1.82, 2.24) is 18.8 Å². The van der Waals surface area contributed by atoms with Crippen molar-refractivity contribution in [1.29, 1.82) is 0 Å². The summed E-state index contributed by atoms with van der Waals surface area (Å²) in [7, 11) is 0. The van der Waals surface area contributed by atoms with Crippen LogP contribution in [0.25, 0.3) is 76.7 Å². The molecule has 234 valence electrons. The average Bonchev–Trinajstić information content (AvgIpc) is 3.78. The zero-order valence-corrected chi connectivity index (χ0v) is 28.4. The first-order valence-corrected chi connectivity index (χ1v) is 19.6. The number of aromatic nitrogens is 4. The zero-order chi connectivity index (χ0) is 33.0. The number of fused-ring (bicyclic) bond motifs is 16. The molecule has 11 rings (SSSR count). The normalized spacial score (nSPS) is 12.5. The van der Waals surface area contributed by atoms with E-state index in [1.54, 1.807) is 0 Å². The van der Waals surface area contributed by atoms with Crippen LogP contribution in [0.4, 0.5) is 0 Å². The monoisotopic (exact) mass is 674 g/mol. The van der Waals surface area contributed by atoms with E-state index in [0.29, 0.717) is 0 Å². The molecular weight excluding hydrogens is 648 g/mol. The van der Waals surface area contributed by atoms with Crippen molar-refractivity contribution in [2.75, 3.05) is 0 Å². The Morgan fingerprint density at radius 1 is 0.360 bits per heavy atom. The first-order chi connectivity index (χ1) is 24.7. The Kier molecular flexibility index (Phi) is 5.78. The molecule has 50 heavy (non-hydrogen) atoms. The number of para-hydroxylation sites is 6. The molecule has 0 spiro atoms. The molecule has 4 heterocycles. The number of pyridine rings is 2. The van der Waals surface area contributed by atoms with E-state index in [4.69, 9.17) is 21.8 Å². The van der Waals surface area contributed by atoms with Crippen LogP contribution >= 0.6 is 6.04 Å². The highest BCUT2D eigenvalue weighted by molar-refractivity contribution is 8.25. The molecule has 4 aromatic heterocycles. The van der Waals surface area contributed by atoms with E-state index >= 15 is 0 Å². The van der Waals surface area contributed by atoms with E-state index in [0.717, 1.165) is 65.8 Å². The van der Waals surface area contributed by atoms with Crippen LogP contribution in [0.15, 0.2) is 164 Å². The summed E-state index contributed by atoms with van der Waals surface area (Å²) in [5, 5.41) is 10.4. The minimum Gasteiger partial charge on any atom is -0.292 e. The summed E-state index contributed by atoms with van der Waals surface area (Å²) in [6.45, 7) is 0. The summed E-state index contributed by atoms with van der Waals surface area (Å²) in [5.41, 5.74) is 8.42. The van der Waals surface area contributed by atoms with Crippen LogP contribution in [0.2, 0.25) is 0 Å². The molecule has 0 aliphatic heterocycles. The van der Waals surface area contributed by atoms with Gasteiger partial charge in [-0.25, -0.2) is 9.97 Å². The van der Waals surface area contributed by atoms with Crippen molar-refractivity contribution in [3.8, 4) is 0 Å². The maximum absolute atomic E-state index is 7.04. The van der Waals surface area contributed by atoms with Crippen molar-refractivity contribution >= 4 is 110 Å². The lowest BCUT2D eigenvalue weighted by molar-refractivity contribution is 1.31. The first kappa shape index (κ1) is 28.0. The van der Waals surface area contributed by atoms with Gasteiger partial charge in [0.1, 0.15) is 11.3 Å². The fraction of sp³-hybridized carbons (Fsp3) is 0. The Labute approximate surface area is 291 Å². The van der Waals surface area contributed by atoms with Gasteiger partial charge in [0.15, 0.2) is 0 Å². The number of rotatable bonds is 3. The van der Waals surface area contributed by atoms with Crippen LogP contribution in [-0.4, -0.2) is 18.8 Å². The topological polar surface area (TPSA) is 34.6 Å². The Morgan fingerprint density at radius 2 is 0.780 bits per heavy atom. The van der Waals surface area contributed by atoms with E-state index in [9.17, 15) is 0 Å². The van der Waals surface area contributed by atoms with Crippen molar-refractivity contribution in [2.45, 2.75) is 0 Å². The van der Waals surface area contributed by atoms with Crippen molar-refractivity contribution in [3.63, 3.8) is 0 Å². The van der Waals surface area contributed by atoms with Crippen molar-refractivity contribution in [2.24, 2.45) is 0 Å². The molecular formula is C44H27N4PS. The Hall–Kier alpha value is -5.87. The van der Waals surface area contributed by atoms with Gasteiger partial charge in [0.2, 0.25) is 0 Å². The summed E-state index contributed by atoms with van der Waals surface area (Å²) >= 11 is 7.04. The molecule has 0 unspecified atom stereocenters. The molecule has 0 saturated carbocycles. The van der Waals surface area contributed by atoms with Gasteiger partial charge in [0.05, 0.1) is 33.1 Å². The van der Waals surface area contributed by atoms with Crippen LogP contribution in [0, 0.1) is 0 Å². The number of benzene rings is 7. The molecule has 0 bridgehead atoms. The summed E-state index contributed by atoms with van der Waals surface area (Å²) in [6.07, 6.45) is 0. The highest BCUT2D eigenvalue weighted by atomic mass is 32.4. The van der Waals surface area contributed by atoms with Crippen LogP contribution in [0.3, 0.4) is 0 Å². The molecule has 11 aromatic rings. The second kappa shape index (κ2) is 10.3. The number of hydrogen-bond acceptors (Lipinski definition) is 3. The number of hydrogen-bond donors (Lipinski definition) is 0. The number of imidazole rings is 2. The van der Waals surface area contributed by atoms with E-state index in [2.05, 4.69) is 173 Å². The molecule has 0 fully saturated rings. The van der Waals surface area contributed by atoms with Crippen LogP contribution in [0.5, 0.6) is 0 Å². The third-order valence-corrected chi connectivity index (χ3v) is 15.3. The van der Waals surface area contributed by atoms with Crippen molar-refractivity contribution < 1.29 is 0 Å². The van der Waals surface area contributed by atoms with Gasteiger partial charge in [-0.1, -0.05) is 115 Å². The largest absolute Gasteiger partial charge is 0.292 e. The molecule has 0 radical (unpaired) electrons. The van der Waals surface area contributed by atoms with Gasteiger partial charge in [0.25, 0.3) is 0 Å². The van der Waals surface area contributed by atoms with E-state index in [1.807, 2.05) is 0 Å². The molecule has 4 nitrogen and oxygen atoms in total. The summed E-state index contributed by atoms with van der Waals surface area (Å²) in [6, 6.07) is 56.0. The Balaban J connectivity index is 1.23. The quantitative estimate of drug-likeness (QED) is 0.138. The molecule has 0 amide bonds. The number of nitrogens with zero attached hydrogens (tertiary/aromatic N) is 4. The van der Waals surface area contributed by atoms with Crippen LogP contribution in [-0.2, 0) is 11.8 Å². The lowest BCUT2D eigenvalue weighted by Gasteiger charge is -2.25. The highest BCUT2D eigenvalue weighted by Gasteiger charge is 2.27. The molecule has 0 saturated heterocycles. The van der Waals surface area contributed by atoms with Gasteiger partial charge in [-0.15, -0.1) is 0 Å². The molecule has 0 N–H and O–H groups in total. The molecule has 6 heteroatoms. The van der Waals surface area contributed by atoms with E-state index in [1.165, 1.54) is 26.8 Å². The Bertz CT molecular complexity index is 3050. The minimum atomic E-state index is -2.54. The fourth-order valence-electron chi connectivity index (χ4n) is 8.07. The molecule has 7 aromatic carbocycles. The van der Waals surface area contributed by atoms with E-state index in [-0.39, 0.29) is 0 Å². The second-order valence-corrected chi connectivity index (χ2v) is 17.4. The minimum absolute atomic E-state index is 0.965. The standard InChI is InChI=1S/C44H27N4PS/c50-49(28-12-2-1-3-13-28,29-22-24-33-35(26-29)31-14-4-8-18-39(31)47-41-20-10-6-16-37(41)45-43(33)47)30-23-25-34-36(27-30)32-15-5-9-19-40(32)48-42-21-11-7-17-38(42)46-44(34)48/h1-27H. The SMILES string of the molecule is S=P(c1ccccc1)(c1ccc2c(c1)c1ccccc1n1c3ccccc3nc21)c1ccc2c(c1)c1ccccc1n1c3ccccc3nc21. The van der Waals surface area contributed by atoms with Gasteiger partial charge < -0.3 is 0 Å². The van der Waals surface area contributed by atoms with Crippen molar-refractivity contribution in [3.05, 3.63) is 164 Å². The zero-order valence-electron chi connectivity index (χ0n) is 26.7. The van der Waals surface area contributed by atoms with Gasteiger partial charge in [0, 0.05) is 27.6 Å². The first-order valence-electron chi connectivity index (χ1n) is 16.8. The summed E-state index contributed by atoms with van der Waals surface area (Å²) < 4.78 is 4.60. The third-order valence-electron chi connectivity index (χ3n) is 10.3. The van der Waals surface area contributed by atoms with Gasteiger partial charge in [-0.2, -0.15) is 0 Å². The lowest BCUT2D eigenvalue weighted by Crippen LogP contribution is -2.25. The predicted octanol–water partition coefficient (Wildman–Crippen LogP) is 9.66. The average molecular weight is 675 g/mol. The molecule has 0 aliphatic carbocycles. The summed E-state index contributed by atoms with van der Waals surface area (Å²) in [5.74, 6) is 0. The van der Waals surface area contributed by atoms with Crippen LogP contribution < -0.4 is 15.9 Å². The van der Waals surface area contributed by atoms with Gasteiger partial charge >= 0.3 is 0 Å².